The molecule has 0 spiro atoms. The second-order valence-electron chi connectivity index (χ2n) is 5.35. The number of carbonyl (C=O) groups is 1. The van der Waals surface area contributed by atoms with Gasteiger partial charge in [-0.15, -0.1) is 11.3 Å². The van der Waals surface area contributed by atoms with Gasteiger partial charge in [0.15, 0.2) is 0 Å². The van der Waals surface area contributed by atoms with Gasteiger partial charge in [0.25, 0.3) is 0 Å². The van der Waals surface area contributed by atoms with E-state index in [2.05, 4.69) is 10.8 Å². The molecule has 7 heteroatoms. The minimum Gasteiger partial charge on any atom is -0.480 e. The van der Waals surface area contributed by atoms with Gasteiger partial charge in [-0.1, -0.05) is 30.3 Å². The van der Waals surface area contributed by atoms with Gasteiger partial charge in [0.1, 0.15) is 6.04 Å². The van der Waals surface area contributed by atoms with Crippen molar-refractivity contribution in [3.05, 3.63) is 54.6 Å². The highest BCUT2D eigenvalue weighted by atomic mass is 32.2. The van der Waals surface area contributed by atoms with Crippen LogP contribution in [-0.4, -0.2) is 25.5 Å². The first-order valence-corrected chi connectivity index (χ1v) is 9.51. The standard InChI is InChI=1S/C17H15NO4S2/c1-11(17(19)20)18-24(21,22)14-8-6-12(7-9-14)16-10-13-4-2-3-5-15(13)23-16/h2-11,18H,1H3,(H,19,20)/t11-/m1/s1. The van der Waals surface area contributed by atoms with Crippen LogP contribution in [-0.2, 0) is 14.8 Å². The maximum atomic E-state index is 12.2. The predicted octanol–water partition coefficient (Wildman–Crippen LogP) is 3.32. The lowest BCUT2D eigenvalue weighted by Crippen LogP contribution is -2.38. The van der Waals surface area contributed by atoms with Crippen molar-refractivity contribution in [2.45, 2.75) is 17.9 Å². The van der Waals surface area contributed by atoms with Crippen molar-refractivity contribution >= 4 is 37.4 Å². The topological polar surface area (TPSA) is 83.5 Å². The van der Waals surface area contributed by atoms with Crippen molar-refractivity contribution in [2.24, 2.45) is 0 Å². The van der Waals surface area contributed by atoms with Gasteiger partial charge >= 0.3 is 5.97 Å². The van der Waals surface area contributed by atoms with Crippen molar-refractivity contribution in [1.82, 2.24) is 4.72 Å². The Bertz CT molecular complexity index is 958. The number of carboxylic acid groups (broad SMARTS) is 1. The highest BCUT2D eigenvalue weighted by molar-refractivity contribution is 7.89. The number of benzene rings is 2. The number of hydrogen-bond acceptors (Lipinski definition) is 4. The van der Waals surface area contributed by atoms with Gasteiger partial charge in [-0.25, -0.2) is 8.42 Å². The van der Waals surface area contributed by atoms with Crippen LogP contribution in [0, 0.1) is 0 Å². The second-order valence-corrected chi connectivity index (χ2v) is 8.15. The van der Waals surface area contributed by atoms with Crippen LogP contribution in [0.2, 0.25) is 0 Å². The zero-order chi connectivity index (χ0) is 17.3. The smallest absolute Gasteiger partial charge is 0.321 e. The van der Waals surface area contributed by atoms with Crippen molar-refractivity contribution in [3.8, 4) is 10.4 Å². The molecule has 0 aliphatic heterocycles. The first kappa shape index (κ1) is 16.6. The van der Waals surface area contributed by atoms with Crippen LogP contribution in [0.1, 0.15) is 6.92 Å². The molecule has 2 aromatic carbocycles. The van der Waals surface area contributed by atoms with E-state index in [1.54, 1.807) is 23.5 Å². The van der Waals surface area contributed by atoms with Gasteiger partial charge in [-0.05, 0) is 42.1 Å². The quantitative estimate of drug-likeness (QED) is 0.730. The van der Waals surface area contributed by atoms with Crippen molar-refractivity contribution < 1.29 is 18.3 Å². The zero-order valence-electron chi connectivity index (χ0n) is 12.8. The molecule has 0 aliphatic rings. The Morgan fingerprint density at radius 3 is 2.42 bits per heavy atom. The van der Waals surface area contributed by atoms with Gasteiger partial charge in [0.05, 0.1) is 4.90 Å². The van der Waals surface area contributed by atoms with Crippen LogP contribution in [0.3, 0.4) is 0 Å². The van der Waals surface area contributed by atoms with E-state index in [1.807, 2.05) is 24.3 Å². The largest absolute Gasteiger partial charge is 0.480 e. The minimum atomic E-state index is -3.86. The van der Waals surface area contributed by atoms with Gasteiger partial charge in [-0.3, -0.25) is 4.79 Å². The maximum Gasteiger partial charge on any atom is 0.321 e. The molecule has 1 atom stereocenters. The van der Waals surface area contributed by atoms with E-state index >= 15 is 0 Å². The van der Waals surface area contributed by atoms with Crippen LogP contribution in [0.25, 0.3) is 20.5 Å². The molecule has 3 aromatic rings. The Morgan fingerprint density at radius 2 is 1.79 bits per heavy atom. The van der Waals surface area contributed by atoms with Gasteiger partial charge in [0, 0.05) is 9.58 Å². The number of hydrogen-bond donors (Lipinski definition) is 2. The molecule has 0 aliphatic carbocycles. The van der Waals surface area contributed by atoms with Gasteiger partial charge < -0.3 is 5.11 Å². The average molecular weight is 361 g/mol. The Kier molecular flexibility index (Phi) is 4.40. The number of thiophene rings is 1. The number of sulfonamides is 1. The Morgan fingerprint density at radius 1 is 1.12 bits per heavy atom. The predicted molar refractivity (Wildman–Crippen MR) is 94.7 cm³/mol. The molecule has 0 saturated heterocycles. The third kappa shape index (κ3) is 3.33. The highest BCUT2D eigenvalue weighted by Gasteiger charge is 2.21. The summed E-state index contributed by atoms with van der Waals surface area (Å²) in [5, 5.41) is 9.97. The summed E-state index contributed by atoms with van der Waals surface area (Å²) in [4.78, 5) is 11.9. The Balaban J connectivity index is 1.89. The SMILES string of the molecule is C[C@@H](NS(=O)(=O)c1ccc(-c2cc3ccccc3s2)cc1)C(=O)O. The lowest BCUT2D eigenvalue weighted by molar-refractivity contribution is -0.138. The summed E-state index contributed by atoms with van der Waals surface area (Å²) in [6.45, 7) is 1.28. The number of carboxylic acids is 1. The molecule has 0 fully saturated rings. The summed E-state index contributed by atoms with van der Waals surface area (Å²) in [6.07, 6.45) is 0. The molecular formula is C17H15NO4S2. The fraction of sp³-hybridized carbons (Fsp3) is 0.118. The molecule has 0 amide bonds. The Hall–Kier alpha value is -2.22. The Labute approximate surface area is 143 Å². The van der Waals surface area contributed by atoms with Gasteiger partial charge in [-0.2, -0.15) is 4.72 Å². The highest BCUT2D eigenvalue weighted by Crippen LogP contribution is 2.33. The second kappa shape index (κ2) is 6.35. The molecule has 0 unspecified atom stereocenters. The van der Waals surface area contributed by atoms with E-state index in [9.17, 15) is 13.2 Å². The number of aliphatic carboxylic acids is 1. The van der Waals surface area contributed by atoms with E-state index in [1.165, 1.54) is 23.8 Å². The van der Waals surface area contributed by atoms with Crippen molar-refractivity contribution in [3.63, 3.8) is 0 Å². The van der Waals surface area contributed by atoms with Crippen LogP contribution in [0.15, 0.2) is 59.5 Å². The van der Waals surface area contributed by atoms with E-state index in [4.69, 9.17) is 5.11 Å². The summed E-state index contributed by atoms with van der Waals surface area (Å²) in [6, 6.07) is 15.3. The van der Waals surface area contributed by atoms with E-state index in [0.29, 0.717) is 0 Å². The molecule has 124 valence electrons. The maximum absolute atomic E-state index is 12.2. The number of fused-ring (bicyclic) bond motifs is 1. The molecule has 1 aromatic heterocycles. The van der Waals surface area contributed by atoms with Crippen molar-refractivity contribution in [2.75, 3.05) is 0 Å². The average Bonchev–Trinajstić information content (AvgIpc) is 2.98. The third-order valence-corrected chi connectivity index (χ3v) is 6.30. The molecule has 24 heavy (non-hydrogen) atoms. The van der Waals surface area contributed by atoms with Crippen LogP contribution < -0.4 is 4.72 Å². The summed E-state index contributed by atoms with van der Waals surface area (Å²) in [5.74, 6) is -1.22. The molecule has 0 bridgehead atoms. The van der Waals surface area contributed by atoms with Gasteiger partial charge in [0.2, 0.25) is 10.0 Å². The molecule has 3 rings (SSSR count). The molecule has 5 nitrogen and oxygen atoms in total. The number of rotatable bonds is 5. The molecule has 0 saturated carbocycles. The van der Waals surface area contributed by atoms with Crippen molar-refractivity contribution in [1.29, 1.82) is 0 Å². The number of nitrogens with one attached hydrogen (secondary N) is 1. The fourth-order valence-corrected chi connectivity index (χ4v) is 4.54. The third-order valence-electron chi connectivity index (χ3n) is 3.58. The summed E-state index contributed by atoms with van der Waals surface area (Å²) < 4.78 is 27.6. The van der Waals surface area contributed by atoms with E-state index < -0.39 is 22.0 Å². The monoisotopic (exact) mass is 361 g/mol. The normalized spacial score (nSPS) is 13.0. The summed E-state index contributed by atoms with van der Waals surface area (Å²) in [5.41, 5.74) is 0.918. The zero-order valence-corrected chi connectivity index (χ0v) is 14.4. The first-order chi connectivity index (χ1) is 11.4. The van der Waals surface area contributed by atoms with Crippen LogP contribution in [0.5, 0.6) is 0 Å². The first-order valence-electron chi connectivity index (χ1n) is 7.21. The molecular weight excluding hydrogens is 346 g/mol. The summed E-state index contributed by atoms with van der Waals surface area (Å²) >= 11 is 1.64. The lowest BCUT2D eigenvalue weighted by Gasteiger charge is -2.10. The van der Waals surface area contributed by atoms with E-state index in [0.717, 1.165) is 15.8 Å². The summed E-state index contributed by atoms with van der Waals surface area (Å²) in [7, 11) is -3.86. The van der Waals surface area contributed by atoms with Crippen LogP contribution >= 0.6 is 11.3 Å². The molecule has 1 heterocycles. The van der Waals surface area contributed by atoms with E-state index in [-0.39, 0.29) is 4.90 Å². The fourth-order valence-electron chi connectivity index (χ4n) is 2.27. The molecule has 0 radical (unpaired) electrons. The minimum absolute atomic E-state index is 0.0421. The molecule has 2 N–H and O–H groups in total. The lowest BCUT2D eigenvalue weighted by atomic mass is 10.1. The van der Waals surface area contributed by atoms with Crippen LogP contribution in [0.4, 0.5) is 0 Å².